The highest BCUT2D eigenvalue weighted by atomic mass is 32.2. The van der Waals surface area contributed by atoms with Crippen molar-refractivity contribution in [3.63, 3.8) is 0 Å². The van der Waals surface area contributed by atoms with Crippen LogP contribution in [0, 0.1) is 0 Å². The van der Waals surface area contributed by atoms with Crippen LogP contribution in [0.15, 0.2) is 72.8 Å². The van der Waals surface area contributed by atoms with Crippen molar-refractivity contribution >= 4 is 23.6 Å². The summed E-state index contributed by atoms with van der Waals surface area (Å²) in [5.74, 6) is 1.42. The molecule has 0 aliphatic carbocycles. The van der Waals surface area contributed by atoms with Gasteiger partial charge in [-0.1, -0.05) is 79.2 Å². The number of unbranched alkanes of at least 4 members (excludes halogenated alkanes) is 2. The van der Waals surface area contributed by atoms with Crippen LogP contribution in [0.2, 0.25) is 0 Å². The third-order valence-corrected chi connectivity index (χ3v) is 8.67. The van der Waals surface area contributed by atoms with Gasteiger partial charge in [0, 0.05) is 49.9 Å². The molecule has 236 valence electrons. The standard InChI is InChI=1S/C35H44N2O6S/c1-25(40)36-18-6-2-3-9-34(41)37-22-30-7-4-5-8-32(30)27-14-16-29(17-15-27)35-42-31(24-44-20-19-38)21-33(43-35)28-12-10-26(23-39)11-13-28/h4-5,7-8,10-17,31,33,35,38-39H,2-3,6,9,18-24H2,1H3,(H,36,40)(H,37,41). The van der Waals surface area contributed by atoms with Gasteiger partial charge in [0.1, 0.15) is 0 Å². The lowest BCUT2D eigenvalue weighted by atomic mass is 9.97. The molecule has 3 aromatic carbocycles. The molecule has 4 N–H and O–H groups in total. The molecular weight excluding hydrogens is 576 g/mol. The third kappa shape index (κ3) is 10.5. The normalized spacial score (nSPS) is 18.1. The smallest absolute Gasteiger partial charge is 0.220 e. The monoisotopic (exact) mass is 620 g/mol. The van der Waals surface area contributed by atoms with Crippen molar-refractivity contribution in [2.75, 3.05) is 24.7 Å². The predicted octanol–water partition coefficient (Wildman–Crippen LogP) is 5.43. The van der Waals surface area contributed by atoms with E-state index in [1.807, 2.05) is 54.6 Å². The highest BCUT2D eigenvalue weighted by Crippen LogP contribution is 2.39. The number of carbonyl (C=O) groups excluding carboxylic acids is 2. The molecule has 3 aromatic rings. The van der Waals surface area contributed by atoms with Gasteiger partial charge in [-0.2, -0.15) is 11.8 Å². The van der Waals surface area contributed by atoms with Crippen molar-refractivity contribution in [1.82, 2.24) is 10.6 Å². The molecule has 4 rings (SSSR count). The van der Waals surface area contributed by atoms with Crippen molar-refractivity contribution < 1.29 is 29.3 Å². The van der Waals surface area contributed by atoms with Crippen LogP contribution in [-0.4, -0.2) is 52.8 Å². The van der Waals surface area contributed by atoms with Crippen LogP contribution in [0.25, 0.3) is 11.1 Å². The highest BCUT2D eigenvalue weighted by Gasteiger charge is 2.32. The number of aliphatic hydroxyl groups is 2. The molecule has 0 aromatic heterocycles. The number of rotatable bonds is 16. The minimum absolute atomic E-state index is 0.00192. The molecule has 0 radical (unpaired) electrons. The summed E-state index contributed by atoms with van der Waals surface area (Å²) in [7, 11) is 0. The van der Waals surface area contributed by atoms with Gasteiger partial charge in [-0.3, -0.25) is 9.59 Å². The lowest BCUT2D eigenvalue weighted by Crippen LogP contribution is -2.31. The van der Waals surface area contributed by atoms with E-state index < -0.39 is 6.29 Å². The quantitative estimate of drug-likeness (QED) is 0.158. The van der Waals surface area contributed by atoms with E-state index in [1.165, 1.54) is 6.92 Å². The summed E-state index contributed by atoms with van der Waals surface area (Å²) in [6.07, 6.45) is 3.00. The topological polar surface area (TPSA) is 117 Å². The van der Waals surface area contributed by atoms with Crippen molar-refractivity contribution in [2.24, 2.45) is 0 Å². The van der Waals surface area contributed by atoms with E-state index in [-0.39, 0.29) is 37.2 Å². The summed E-state index contributed by atoms with van der Waals surface area (Å²) in [6.45, 7) is 2.74. The minimum atomic E-state index is -0.534. The number of nitrogens with one attached hydrogen (secondary N) is 2. The number of aliphatic hydroxyl groups excluding tert-OH is 2. The van der Waals surface area contributed by atoms with E-state index in [9.17, 15) is 19.8 Å². The average molecular weight is 621 g/mol. The Morgan fingerprint density at radius 3 is 2.36 bits per heavy atom. The molecule has 1 heterocycles. The van der Waals surface area contributed by atoms with Gasteiger partial charge in [-0.15, -0.1) is 0 Å². The molecular formula is C35H44N2O6S. The Labute approximate surface area is 264 Å². The van der Waals surface area contributed by atoms with Crippen LogP contribution in [0.1, 0.15) is 73.7 Å². The molecule has 1 saturated heterocycles. The predicted molar refractivity (Wildman–Crippen MR) is 174 cm³/mol. The number of benzene rings is 3. The van der Waals surface area contributed by atoms with Crippen LogP contribution in [0.5, 0.6) is 0 Å². The number of thioether (sulfide) groups is 1. The lowest BCUT2D eigenvalue weighted by Gasteiger charge is -2.36. The maximum Gasteiger partial charge on any atom is 0.220 e. The number of ether oxygens (including phenoxy) is 2. The SMILES string of the molecule is CC(=O)NCCCCCC(=O)NCc1ccccc1-c1ccc(C2OC(CSCCO)CC(c3ccc(CO)cc3)O2)cc1. The number of hydrogen-bond donors (Lipinski definition) is 4. The molecule has 1 aliphatic rings. The fraction of sp³-hybridized carbons (Fsp3) is 0.429. The first kappa shape index (κ1) is 33.7. The molecule has 44 heavy (non-hydrogen) atoms. The Morgan fingerprint density at radius 1 is 0.886 bits per heavy atom. The summed E-state index contributed by atoms with van der Waals surface area (Å²) in [6, 6.07) is 24.1. The second-order valence-electron chi connectivity index (χ2n) is 11.0. The van der Waals surface area contributed by atoms with E-state index in [2.05, 4.69) is 28.8 Å². The molecule has 9 heteroatoms. The first-order chi connectivity index (χ1) is 21.5. The van der Waals surface area contributed by atoms with Gasteiger partial charge in [0.2, 0.25) is 11.8 Å². The van der Waals surface area contributed by atoms with Gasteiger partial charge in [0.05, 0.1) is 25.4 Å². The van der Waals surface area contributed by atoms with Crippen LogP contribution in [-0.2, 0) is 32.2 Å². The van der Waals surface area contributed by atoms with Gasteiger partial charge in [-0.05, 0) is 40.7 Å². The van der Waals surface area contributed by atoms with Crippen LogP contribution in [0.3, 0.4) is 0 Å². The summed E-state index contributed by atoms with van der Waals surface area (Å²) in [4.78, 5) is 23.4. The number of hydrogen-bond acceptors (Lipinski definition) is 7. The molecule has 1 fully saturated rings. The zero-order valence-electron chi connectivity index (χ0n) is 25.4. The second-order valence-corrected chi connectivity index (χ2v) is 12.1. The number of carbonyl (C=O) groups is 2. The molecule has 3 unspecified atom stereocenters. The van der Waals surface area contributed by atoms with Gasteiger partial charge >= 0.3 is 0 Å². The fourth-order valence-electron chi connectivity index (χ4n) is 5.21. The summed E-state index contributed by atoms with van der Waals surface area (Å²) < 4.78 is 12.8. The van der Waals surface area contributed by atoms with Gasteiger partial charge in [0.15, 0.2) is 6.29 Å². The molecule has 0 saturated carbocycles. The Hall–Kier alpha value is -3.21. The maximum atomic E-state index is 12.5. The Morgan fingerprint density at radius 2 is 1.64 bits per heavy atom. The first-order valence-electron chi connectivity index (χ1n) is 15.4. The van der Waals surface area contributed by atoms with Gasteiger partial charge < -0.3 is 30.3 Å². The van der Waals surface area contributed by atoms with Crippen molar-refractivity contribution in [2.45, 2.75) is 70.7 Å². The molecule has 8 nitrogen and oxygen atoms in total. The van der Waals surface area contributed by atoms with Gasteiger partial charge in [-0.25, -0.2) is 0 Å². The Balaban J connectivity index is 1.38. The lowest BCUT2D eigenvalue weighted by molar-refractivity contribution is -0.245. The van der Waals surface area contributed by atoms with E-state index >= 15 is 0 Å². The average Bonchev–Trinajstić information content (AvgIpc) is 3.05. The Kier molecular flexibility index (Phi) is 13.7. The summed E-state index contributed by atoms with van der Waals surface area (Å²) >= 11 is 1.67. The molecule has 0 spiro atoms. The summed E-state index contributed by atoms with van der Waals surface area (Å²) in [5.41, 5.74) is 5.96. The van der Waals surface area contributed by atoms with E-state index in [0.717, 1.165) is 58.4 Å². The largest absolute Gasteiger partial charge is 0.396 e. The third-order valence-electron chi connectivity index (χ3n) is 7.60. The zero-order valence-corrected chi connectivity index (χ0v) is 26.2. The van der Waals surface area contributed by atoms with E-state index in [0.29, 0.717) is 31.7 Å². The summed E-state index contributed by atoms with van der Waals surface area (Å²) in [5, 5.41) is 24.5. The number of amides is 2. The molecule has 2 amide bonds. The van der Waals surface area contributed by atoms with Crippen molar-refractivity contribution in [3.05, 3.63) is 95.1 Å². The van der Waals surface area contributed by atoms with Crippen LogP contribution >= 0.6 is 11.8 Å². The van der Waals surface area contributed by atoms with Crippen molar-refractivity contribution in [1.29, 1.82) is 0 Å². The zero-order chi connectivity index (χ0) is 31.1. The molecule has 3 atom stereocenters. The van der Waals surface area contributed by atoms with E-state index in [4.69, 9.17) is 9.47 Å². The Bertz CT molecular complexity index is 1320. The minimum Gasteiger partial charge on any atom is -0.396 e. The van der Waals surface area contributed by atoms with E-state index in [1.54, 1.807) is 11.8 Å². The first-order valence-corrected chi connectivity index (χ1v) is 16.5. The van der Waals surface area contributed by atoms with Crippen LogP contribution in [0.4, 0.5) is 0 Å². The molecule has 1 aliphatic heterocycles. The fourth-order valence-corrected chi connectivity index (χ4v) is 5.99. The van der Waals surface area contributed by atoms with Crippen molar-refractivity contribution in [3.8, 4) is 11.1 Å². The van der Waals surface area contributed by atoms with Gasteiger partial charge in [0.25, 0.3) is 0 Å². The maximum absolute atomic E-state index is 12.5. The highest BCUT2D eigenvalue weighted by molar-refractivity contribution is 7.99. The van der Waals surface area contributed by atoms with Crippen LogP contribution < -0.4 is 10.6 Å². The second kappa shape index (κ2) is 17.9. The molecule has 0 bridgehead atoms.